The molecule has 2 aromatic carbocycles. The van der Waals surface area contributed by atoms with E-state index in [1.807, 2.05) is 38.1 Å². The highest BCUT2D eigenvalue weighted by Gasteiger charge is 2.12. The fourth-order valence-electron chi connectivity index (χ4n) is 2.41. The topological polar surface area (TPSA) is 91.8 Å². The van der Waals surface area contributed by atoms with Crippen LogP contribution in [0.5, 0.6) is 5.75 Å². The molecule has 0 fully saturated rings. The van der Waals surface area contributed by atoms with E-state index in [0.29, 0.717) is 25.6 Å². The number of nitrogens with one attached hydrogen (secondary N) is 3. The normalized spacial score (nSPS) is 11.9. The zero-order valence-corrected chi connectivity index (χ0v) is 17.3. The third kappa shape index (κ3) is 6.86. The summed E-state index contributed by atoms with van der Waals surface area (Å²) >= 11 is 0. The first-order valence-corrected chi connectivity index (χ1v) is 10.6. The second-order valence-electron chi connectivity index (χ2n) is 6.18. The molecular weight excluding hydrogens is 376 g/mol. The van der Waals surface area contributed by atoms with Gasteiger partial charge < -0.3 is 15.4 Å². The molecule has 0 saturated heterocycles. The summed E-state index contributed by atoms with van der Waals surface area (Å²) in [5.41, 5.74) is 2.07. The number of methoxy groups -OCH3 is 1. The second kappa shape index (κ2) is 10.7. The Morgan fingerprint density at radius 2 is 1.68 bits per heavy atom. The molecule has 0 unspecified atom stereocenters. The van der Waals surface area contributed by atoms with Gasteiger partial charge >= 0.3 is 0 Å². The van der Waals surface area contributed by atoms with Gasteiger partial charge in [0.25, 0.3) is 0 Å². The van der Waals surface area contributed by atoms with Crippen LogP contribution in [0.2, 0.25) is 0 Å². The van der Waals surface area contributed by atoms with Crippen molar-refractivity contribution in [1.29, 1.82) is 0 Å². The van der Waals surface area contributed by atoms with E-state index >= 15 is 0 Å². The van der Waals surface area contributed by atoms with Gasteiger partial charge in [-0.15, -0.1) is 0 Å². The number of hydrogen-bond acceptors (Lipinski definition) is 4. The minimum atomic E-state index is -3.51. The number of aryl methyl sites for hydroxylation is 1. The van der Waals surface area contributed by atoms with Crippen LogP contribution in [0.15, 0.2) is 58.4 Å². The van der Waals surface area contributed by atoms with Gasteiger partial charge in [-0.25, -0.2) is 18.1 Å². The van der Waals surface area contributed by atoms with E-state index in [-0.39, 0.29) is 11.4 Å². The molecule has 0 heterocycles. The van der Waals surface area contributed by atoms with Crippen LogP contribution >= 0.6 is 0 Å². The van der Waals surface area contributed by atoms with Crippen molar-refractivity contribution in [2.45, 2.75) is 25.3 Å². The van der Waals surface area contributed by atoms with E-state index in [2.05, 4.69) is 20.3 Å². The number of nitrogens with zero attached hydrogens (tertiary/aromatic N) is 1. The van der Waals surface area contributed by atoms with Gasteiger partial charge in [0.2, 0.25) is 10.0 Å². The van der Waals surface area contributed by atoms with Crippen molar-refractivity contribution < 1.29 is 13.2 Å². The van der Waals surface area contributed by atoms with E-state index in [0.717, 1.165) is 16.9 Å². The largest absolute Gasteiger partial charge is 0.497 e. The van der Waals surface area contributed by atoms with Crippen molar-refractivity contribution in [3.8, 4) is 5.75 Å². The molecule has 0 atom stereocenters. The smallest absolute Gasteiger partial charge is 0.240 e. The number of sulfonamides is 1. The van der Waals surface area contributed by atoms with Crippen molar-refractivity contribution in [2.75, 3.05) is 26.7 Å². The highest BCUT2D eigenvalue weighted by Crippen LogP contribution is 2.12. The molecule has 0 bridgehead atoms. The van der Waals surface area contributed by atoms with Crippen LogP contribution in [-0.2, 0) is 16.6 Å². The Kier molecular flexibility index (Phi) is 8.28. The lowest BCUT2D eigenvalue weighted by atomic mass is 10.2. The molecule has 0 amide bonds. The highest BCUT2D eigenvalue weighted by molar-refractivity contribution is 7.89. The molecule has 28 heavy (non-hydrogen) atoms. The maximum absolute atomic E-state index is 12.3. The van der Waals surface area contributed by atoms with Gasteiger partial charge in [0.15, 0.2) is 5.96 Å². The average Bonchev–Trinajstić information content (AvgIpc) is 2.70. The van der Waals surface area contributed by atoms with E-state index < -0.39 is 10.0 Å². The van der Waals surface area contributed by atoms with Gasteiger partial charge in [-0.1, -0.05) is 29.8 Å². The number of ether oxygens (including phenoxy) is 1. The van der Waals surface area contributed by atoms with Crippen molar-refractivity contribution in [3.63, 3.8) is 0 Å². The molecule has 2 aromatic rings. The Labute approximate surface area is 167 Å². The van der Waals surface area contributed by atoms with E-state index in [1.54, 1.807) is 31.4 Å². The van der Waals surface area contributed by atoms with E-state index in [1.165, 1.54) is 0 Å². The Morgan fingerprint density at radius 3 is 2.29 bits per heavy atom. The lowest BCUT2D eigenvalue weighted by Crippen LogP contribution is -2.41. The fraction of sp³-hybridized carbons (Fsp3) is 0.350. The molecule has 0 aliphatic heterocycles. The molecular formula is C20H28N4O3S. The third-order valence-corrected chi connectivity index (χ3v) is 5.44. The first-order chi connectivity index (χ1) is 13.4. The summed E-state index contributed by atoms with van der Waals surface area (Å²) in [5.74, 6) is 1.44. The van der Waals surface area contributed by atoms with Crippen LogP contribution in [0.3, 0.4) is 0 Å². The zero-order chi connectivity index (χ0) is 20.4. The minimum absolute atomic E-state index is 0.253. The molecule has 0 radical (unpaired) electrons. The Morgan fingerprint density at radius 1 is 1.00 bits per heavy atom. The summed E-state index contributed by atoms with van der Waals surface area (Å²) in [6.45, 7) is 5.78. The van der Waals surface area contributed by atoms with Crippen molar-refractivity contribution in [1.82, 2.24) is 15.4 Å². The SMILES string of the molecule is CCNC(=NCc1ccc(OC)cc1)NCCNS(=O)(=O)c1ccc(C)cc1. The maximum atomic E-state index is 12.3. The van der Waals surface area contributed by atoms with Crippen molar-refractivity contribution >= 4 is 16.0 Å². The van der Waals surface area contributed by atoms with Crippen LogP contribution in [-0.4, -0.2) is 41.1 Å². The van der Waals surface area contributed by atoms with Gasteiger partial charge in [0.05, 0.1) is 18.6 Å². The van der Waals surface area contributed by atoms with Gasteiger partial charge in [-0.3, -0.25) is 0 Å². The molecule has 0 aliphatic carbocycles. The van der Waals surface area contributed by atoms with Crippen LogP contribution in [0.1, 0.15) is 18.1 Å². The van der Waals surface area contributed by atoms with Gasteiger partial charge in [0.1, 0.15) is 5.75 Å². The first kappa shape index (κ1) is 21.7. The summed E-state index contributed by atoms with van der Waals surface area (Å²) in [7, 11) is -1.88. The molecule has 3 N–H and O–H groups in total. The third-order valence-electron chi connectivity index (χ3n) is 3.96. The quantitative estimate of drug-likeness (QED) is 0.338. The molecule has 7 nitrogen and oxygen atoms in total. The Bertz CT molecular complexity index is 863. The number of guanidine groups is 1. The monoisotopic (exact) mass is 404 g/mol. The predicted molar refractivity (Wildman–Crippen MR) is 112 cm³/mol. The van der Waals surface area contributed by atoms with Crippen LogP contribution < -0.4 is 20.1 Å². The summed E-state index contributed by atoms with van der Waals surface area (Å²) in [5, 5.41) is 6.28. The molecule has 0 aromatic heterocycles. The van der Waals surface area contributed by atoms with Crippen molar-refractivity contribution in [2.24, 2.45) is 4.99 Å². The average molecular weight is 405 g/mol. The van der Waals surface area contributed by atoms with Gasteiger partial charge in [-0.05, 0) is 43.7 Å². The summed E-state index contributed by atoms with van der Waals surface area (Å²) < 4.78 is 32.3. The summed E-state index contributed by atoms with van der Waals surface area (Å²) in [4.78, 5) is 4.78. The highest BCUT2D eigenvalue weighted by atomic mass is 32.2. The number of rotatable bonds is 9. The van der Waals surface area contributed by atoms with Gasteiger partial charge in [0, 0.05) is 19.6 Å². The van der Waals surface area contributed by atoms with Crippen LogP contribution in [0, 0.1) is 6.92 Å². The Balaban J connectivity index is 1.85. The minimum Gasteiger partial charge on any atom is -0.497 e. The molecule has 0 spiro atoms. The second-order valence-corrected chi connectivity index (χ2v) is 7.95. The zero-order valence-electron chi connectivity index (χ0n) is 16.5. The standard InChI is InChI=1S/C20H28N4O3S/c1-4-21-20(23-15-17-7-9-18(27-3)10-8-17)22-13-14-24-28(25,26)19-11-5-16(2)6-12-19/h5-12,24H,4,13-15H2,1-3H3,(H2,21,22,23). The fourth-order valence-corrected chi connectivity index (χ4v) is 3.44. The molecule has 152 valence electrons. The van der Waals surface area contributed by atoms with Crippen LogP contribution in [0.4, 0.5) is 0 Å². The molecule has 0 saturated carbocycles. The van der Waals surface area contributed by atoms with Gasteiger partial charge in [-0.2, -0.15) is 0 Å². The molecule has 8 heteroatoms. The summed E-state index contributed by atoms with van der Waals surface area (Å²) in [6, 6.07) is 14.5. The van der Waals surface area contributed by atoms with Crippen LogP contribution in [0.25, 0.3) is 0 Å². The lowest BCUT2D eigenvalue weighted by molar-refractivity contribution is 0.414. The molecule has 2 rings (SSSR count). The number of aliphatic imine (C=N–C) groups is 1. The first-order valence-electron chi connectivity index (χ1n) is 9.16. The van der Waals surface area contributed by atoms with E-state index in [4.69, 9.17) is 4.74 Å². The number of hydrogen-bond donors (Lipinski definition) is 3. The molecule has 0 aliphatic rings. The predicted octanol–water partition coefficient (Wildman–Crippen LogP) is 2.04. The summed E-state index contributed by atoms with van der Waals surface area (Å²) in [6.07, 6.45) is 0. The van der Waals surface area contributed by atoms with Crippen molar-refractivity contribution in [3.05, 3.63) is 59.7 Å². The Hall–Kier alpha value is -2.58. The van der Waals surface area contributed by atoms with E-state index in [9.17, 15) is 8.42 Å². The lowest BCUT2D eigenvalue weighted by Gasteiger charge is -2.12. The maximum Gasteiger partial charge on any atom is 0.240 e. The number of benzene rings is 2.